The molecule has 1 unspecified atom stereocenters. The minimum atomic E-state index is -0.0386. The van der Waals surface area contributed by atoms with Gasteiger partial charge in [0.05, 0.1) is 6.10 Å². The molecule has 1 heterocycles. The molecule has 0 spiro atoms. The van der Waals surface area contributed by atoms with Crippen LogP contribution in [0.4, 0.5) is 0 Å². The van der Waals surface area contributed by atoms with Crippen LogP contribution >= 0.6 is 0 Å². The standard InChI is InChI=1S/C27H30N2O2/c1-20-7-2-3-13-26(20)23-10-4-8-21(15-23)17-28-18-22-9-5-11-24(16-22)27(30)29-19-25-12-6-14-31-25/h2-5,7-11,13,15-16,25,28H,6,12,14,17-19H2,1H3,(H,29,30). The van der Waals surface area contributed by atoms with Crippen LogP contribution < -0.4 is 10.6 Å². The van der Waals surface area contributed by atoms with Crippen LogP contribution in [-0.4, -0.2) is 25.2 Å². The smallest absolute Gasteiger partial charge is 0.251 e. The molecule has 1 amide bonds. The van der Waals surface area contributed by atoms with Crippen LogP contribution in [-0.2, 0) is 17.8 Å². The van der Waals surface area contributed by atoms with Crippen LogP contribution in [0.2, 0.25) is 0 Å². The number of hydrogen-bond acceptors (Lipinski definition) is 3. The fourth-order valence-electron chi connectivity index (χ4n) is 4.03. The van der Waals surface area contributed by atoms with Crippen molar-refractivity contribution in [3.05, 3.63) is 95.1 Å². The van der Waals surface area contributed by atoms with Crippen LogP contribution in [0, 0.1) is 6.92 Å². The first-order valence-electron chi connectivity index (χ1n) is 11.0. The third-order valence-corrected chi connectivity index (χ3v) is 5.74. The van der Waals surface area contributed by atoms with Crippen molar-refractivity contribution in [2.45, 2.75) is 39.0 Å². The summed E-state index contributed by atoms with van der Waals surface area (Å²) in [7, 11) is 0. The Bertz CT molecular complexity index is 1030. The zero-order valence-electron chi connectivity index (χ0n) is 18.1. The molecule has 0 saturated carbocycles. The summed E-state index contributed by atoms with van der Waals surface area (Å²) >= 11 is 0. The monoisotopic (exact) mass is 414 g/mol. The molecule has 0 radical (unpaired) electrons. The molecular weight excluding hydrogens is 384 g/mol. The summed E-state index contributed by atoms with van der Waals surface area (Å²) < 4.78 is 5.58. The third kappa shape index (κ3) is 5.81. The predicted molar refractivity (Wildman–Crippen MR) is 125 cm³/mol. The van der Waals surface area contributed by atoms with Gasteiger partial charge in [-0.1, -0.05) is 54.6 Å². The van der Waals surface area contributed by atoms with Gasteiger partial charge in [-0.15, -0.1) is 0 Å². The lowest BCUT2D eigenvalue weighted by Crippen LogP contribution is -2.31. The molecule has 2 N–H and O–H groups in total. The molecule has 1 atom stereocenters. The summed E-state index contributed by atoms with van der Waals surface area (Å²) in [5.74, 6) is -0.0386. The highest BCUT2D eigenvalue weighted by Gasteiger charge is 2.16. The first-order chi connectivity index (χ1) is 15.2. The molecule has 160 valence electrons. The van der Waals surface area contributed by atoms with Crippen molar-refractivity contribution in [3.8, 4) is 11.1 Å². The van der Waals surface area contributed by atoms with E-state index in [1.165, 1.54) is 22.3 Å². The highest BCUT2D eigenvalue weighted by atomic mass is 16.5. The van der Waals surface area contributed by atoms with Gasteiger partial charge in [0, 0.05) is 31.8 Å². The van der Waals surface area contributed by atoms with E-state index in [4.69, 9.17) is 4.74 Å². The lowest BCUT2D eigenvalue weighted by molar-refractivity contribution is 0.0857. The van der Waals surface area contributed by atoms with Gasteiger partial charge in [0.25, 0.3) is 5.91 Å². The average molecular weight is 415 g/mol. The van der Waals surface area contributed by atoms with Gasteiger partial charge in [0.2, 0.25) is 0 Å². The average Bonchev–Trinajstić information content (AvgIpc) is 3.32. The topological polar surface area (TPSA) is 50.4 Å². The van der Waals surface area contributed by atoms with Gasteiger partial charge in [-0.2, -0.15) is 0 Å². The molecule has 4 heteroatoms. The van der Waals surface area contributed by atoms with Crippen molar-refractivity contribution in [2.75, 3.05) is 13.2 Å². The number of benzene rings is 3. The Morgan fingerprint density at radius 2 is 1.74 bits per heavy atom. The molecule has 0 bridgehead atoms. The number of nitrogens with one attached hydrogen (secondary N) is 2. The Kier molecular flexibility index (Phi) is 7.13. The molecule has 31 heavy (non-hydrogen) atoms. The minimum absolute atomic E-state index is 0.0386. The van der Waals surface area contributed by atoms with Gasteiger partial charge >= 0.3 is 0 Å². The highest BCUT2D eigenvalue weighted by Crippen LogP contribution is 2.24. The van der Waals surface area contributed by atoms with Crippen molar-refractivity contribution in [1.82, 2.24) is 10.6 Å². The number of carbonyl (C=O) groups excluding carboxylic acids is 1. The molecule has 1 aliphatic rings. The Morgan fingerprint density at radius 1 is 0.968 bits per heavy atom. The lowest BCUT2D eigenvalue weighted by Gasteiger charge is -2.12. The maximum absolute atomic E-state index is 12.5. The van der Waals surface area contributed by atoms with E-state index in [-0.39, 0.29) is 12.0 Å². The van der Waals surface area contributed by atoms with E-state index in [1.54, 1.807) is 0 Å². The minimum Gasteiger partial charge on any atom is -0.376 e. The summed E-state index contributed by atoms with van der Waals surface area (Å²) in [6.45, 7) is 5.01. The largest absolute Gasteiger partial charge is 0.376 e. The van der Waals surface area contributed by atoms with Gasteiger partial charge in [0.1, 0.15) is 0 Å². The van der Waals surface area contributed by atoms with E-state index in [1.807, 2.05) is 24.3 Å². The maximum atomic E-state index is 12.5. The number of aryl methyl sites for hydroxylation is 1. The van der Waals surface area contributed by atoms with Crippen LogP contribution in [0.3, 0.4) is 0 Å². The quantitative estimate of drug-likeness (QED) is 0.553. The van der Waals surface area contributed by atoms with Gasteiger partial charge in [-0.25, -0.2) is 0 Å². The van der Waals surface area contributed by atoms with Crippen LogP contribution in [0.1, 0.15) is 39.9 Å². The van der Waals surface area contributed by atoms with Crippen molar-refractivity contribution < 1.29 is 9.53 Å². The second-order valence-electron chi connectivity index (χ2n) is 8.16. The fraction of sp³-hybridized carbons (Fsp3) is 0.296. The Morgan fingerprint density at radius 3 is 2.52 bits per heavy atom. The fourth-order valence-corrected chi connectivity index (χ4v) is 4.03. The van der Waals surface area contributed by atoms with Crippen LogP contribution in [0.5, 0.6) is 0 Å². The van der Waals surface area contributed by atoms with Gasteiger partial charge in [-0.3, -0.25) is 4.79 Å². The predicted octanol–water partition coefficient (Wildman–Crippen LogP) is 4.86. The lowest BCUT2D eigenvalue weighted by atomic mass is 9.99. The summed E-state index contributed by atoms with van der Waals surface area (Å²) in [6, 6.07) is 24.9. The molecule has 4 rings (SSSR count). The Labute approximate surface area is 184 Å². The van der Waals surface area contributed by atoms with Crippen molar-refractivity contribution in [1.29, 1.82) is 0 Å². The van der Waals surface area contributed by atoms with E-state index in [9.17, 15) is 4.79 Å². The Hall–Kier alpha value is -2.95. The summed E-state index contributed by atoms with van der Waals surface area (Å²) in [6.07, 6.45) is 2.26. The number of rotatable bonds is 8. The summed E-state index contributed by atoms with van der Waals surface area (Å²) in [5.41, 5.74) is 6.82. The molecule has 4 nitrogen and oxygen atoms in total. The van der Waals surface area contributed by atoms with Crippen molar-refractivity contribution in [2.24, 2.45) is 0 Å². The molecule has 3 aromatic rings. The van der Waals surface area contributed by atoms with E-state index >= 15 is 0 Å². The zero-order chi connectivity index (χ0) is 21.5. The number of carbonyl (C=O) groups is 1. The molecule has 3 aromatic carbocycles. The molecule has 0 aliphatic carbocycles. The van der Waals surface area contributed by atoms with E-state index in [0.717, 1.165) is 31.6 Å². The number of ether oxygens (including phenoxy) is 1. The first kappa shape index (κ1) is 21.3. The molecular formula is C27H30N2O2. The number of amides is 1. The maximum Gasteiger partial charge on any atom is 0.251 e. The normalized spacial score (nSPS) is 15.7. The molecule has 1 aliphatic heterocycles. The first-order valence-corrected chi connectivity index (χ1v) is 11.0. The van der Waals surface area contributed by atoms with E-state index < -0.39 is 0 Å². The highest BCUT2D eigenvalue weighted by molar-refractivity contribution is 5.94. The van der Waals surface area contributed by atoms with Gasteiger partial charge in [0.15, 0.2) is 0 Å². The van der Waals surface area contributed by atoms with Gasteiger partial charge < -0.3 is 15.4 Å². The third-order valence-electron chi connectivity index (χ3n) is 5.74. The SMILES string of the molecule is Cc1ccccc1-c1cccc(CNCc2cccc(C(=O)NCC3CCCO3)c2)c1. The van der Waals surface area contributed by atoms with E-state index in [0.29, 0.717) is 18.7 Å². The molecule has 1 fully saturated rings. The Balaban J connectivity index is 1.32. The molecule has 1 saturated heterocycles. The molecule has 0 aromatic heterocycles. The second-order valence-corrected chi connectivity index (χ2v) is 8.16. The summed E-state index contributed by atoms with van der Waals surface area (Å²) in [5, 5.41) is 6.49. The van der Waals surface area contributed by atoms with Crippen molar-refractivity contribution in [3.63, 3.8) is 0 Å². The zero-order valence-corrected chi connectivity index (χ0v) is 18.1. The number of hydrogen-bond donors (Lipinski definition) is 2. The van der Waals surface area contributed by atoms with Crippen LogP contribution in [0.25, 0.3) is 11.1 Å². The second kappa shape index (κ2) is 10.4. The summed E-state index contributed by atoms with van der Waals surface area (Å²) in [4.78, 5) is 12.5. The van der Waals surface area contributed by atoms with Gasteiger partial charge in [-0.05, 0) is 65.8 Å². The van der Waals surface area contributed by atoms with Crippen molar-refractivity contribution >= 4 is 5.91 Å². The van der Waals surface area contributed by atoms with Crippen LogP contribution in [0.15, 0.2) is 72.8 Å². The van der Waals surface area contributed by atoms with E-state index in [2.05, 4.69) is 66.1 Å².